The lowest BCUT2D eigenvalue weighted by Gasteiger charge is -2.45. The summed E-state index contributed by atoms with van der Waals surface area (Å²) in [5.41, 5.74) is 5.98. The number of hydrogen-bond donors (Lipinski definition) is 1. The summed E-state index contributed by atoms with van der Waals surface area (Å²) in [4.78, 5) is 13.9. The van der Waals surface area contributed by atoms with Crippen LogP contribution in [0.5, 0.6) is 5.75 Å². The Morgan fingerprint density at radius 2 is 1.91 bits per heavy atom. The van der Waals surface area contributed by atoms with Crippen LogP contribution in [0.2, 0.25) is 0 Å². The van der Waals surface area contributed by atoms with Crippen molar-refractivity contribution in [1.82, 2.24) is 4.90 Å². The van der Waals surface area contributed by atoms with Gasteiger partial charge in [-0.1, -0.05) is 18.2 Å². The number of nitriles is 3. The number of allylic oxidation sites excluding steroid dienone is 2. The quantitative estimate of drug-likeness (QED) is 0.772. The largest absolute Gasteiger partial charge is 0.491 e. The van der Waals surface area contributed by atoms with Crippen molar-refractivity contribution in [1.29, 1.82) is 15.8 Å². The van der Waals surface area contributed by atoms with Gasteiger partial charge in [-0.3, -0.25) is 0 Å². The monoisotopic (exact) mass is 431 g/mol. The van der Waals surface area contributed by atoms with Crippen molar-refractivity contribution in [2.75, 3.05) is 19.7 Å². The van der Waals surface area contributed by atoms with Crippen LogP contribution in [0.15, 0.2) is 47.2 Å². The van der Waals surface area contributed by atoms with Gasteiger partial charge in [-0.25, -0.2) is 4.79 Å². The average molecular weight is 431 g/mol. The second kappa shape index (κ2) is 9.04. The fourth-order valence-electron chi connectivity index (χ4n) is 4.45. The fourth-order valence-corrected chi connectivity index (χ4v) is 4.45. The van der Waals surface area contributed by atoms with E-state index in [0.29, 0.717) is 16.9 Å². The highest BCUT2D eigenvalue weighted by Crippen LogP contribution is 2.54. The molecule has 2 unspecified atom stereocenters. The molecule has 1 heterocycles. The van der Waals surface area contributed by atoms with Gasteiger partial charge < -0.3 is 20.1 Å². The van der Waals surface area contributed by atoms with E-state index in [9.17, 15) is 20.6 Å². The Hall–Kier alpha value is -3.96. The van der Waals surface area contributed by atoms with Gasteiger partial charge in [-0.05, 0) is 44.0 Å². The van der Waals surface area contributed by atoms with E-state index in [2.05, 4.69) is 18.2 Å². The molecular formula is C24H25N5O3. The SMILES string of the molecule is CCOC(=O)N1CC=C2C(C#N)=C(N)C(C#N)(C#N)C(c3ccc(OC(C)C)cc3)C2C1. The predicted molar refractivity (Wildman–Crippen MR) is 116 cm³/mol. The minimum atomic E-state index is -1.76. The number of nitrogens with two attached hydrogens (primary N) is 1. The highest BCUT2D eigenvalue weighted by molar-refractivity contribution is 5.69. The van der Waals surface area contributed by atoms with Crippen LogP contribution in [0.1, 0.15) is 32.3 Å². The summed E-state index contributed by atoms with van der Waals surface area (Å²) >= 11 is 0. The molecule has 0 aromatic heterocycles. The lowest BCUT2D eigenvalue weighted by molar-refractivity contribution is 0.0999. The molecule has 0 saturated carbocycles. The third kappa shape index (κ3) is 3.74. The number of amides is 1. The fraction of sp³-hybridized carbons (Fsp3) is 0.417. The van der Waals surface area contributed by atoms with Gasteiger partial charge in [0, 0.05) is 24.9 Å². The highest BCUT2D eigenvalue weighted by atomic mass is 16.6. The summed E-state index contributed by atoms with van der Waals surface area (Å²) in [5.74, 6) is -0.509. The van der Waals surface area contributed by atoms with Gasteiger partial charge in [0.25, 0.3) is 0 Å². The van der Waals surface area contributed by atoms with Crippen molar-refractivity contribution >= 4 is 6.09 Å². The average Bonchev–Trinajstić information content (AvgIpc) is 2.78. The number of benzene rings is 1. The van der Waals surface area contributed by atoms with Crippen LogP contribution < -0.4 is 10.5 Å². The molecule has 3 rings (SSSR count). The lowest BCUT2D eigenvalue weighted by atomic mass is 9.58. The van der Waals surface area contributed by atoms with E-state index in [1.807, 2.05) is 13.8 Å². The number of nitrogens with zero attached hydrogens (tertiary/aromatic N) is 4. The molecule has 1 aliphatic carbocycles. The van der Waals surface area contributed by atoms with Gasteiger partial charge in [0.1, 0.15) is 11.8 Å². The first-order valence-electron chi connectivity index (χ1n) is 10.4. The molecule has 0 radical (unpaired) electrons. The molecular weight excluding hydrogens is 406 g/mol. The molecule has 1 aliphatic heterocycles. The molecule has 0 fully saturated rings. The number of fused-ring (bicyclic) bond motifs is 1. The van der Waals surface area contributed by atoms with Gasteiger partial charge in [0.05, 0.1) is 36.1 Å². The van der Waals surface area contributed by atoms with Gasteiger partial charge in [0.15, 0.2) is 5.41 Å². The Morgan fingerprint density at radius 1 is 1.25 bits per heavy atom. The maximum atomic E-state index is 12.4. The second-order valence-electron chi connectivity index (χ2n) is 8.02. The van der Waals surface area contributed by atoms with Crippen molar-refractivity contribution in [3.63, 3.8) is 0 Å². The summed E-state index contributed by atoms with van der Waals surface area (Å²) in [6.45, 7) is 6.24. The first-order valence-corrected chi connectivity index (χ1v) is 10.4. The van der Waals surface area contributed by atoms with Crippen molar-refractivity contribution in [2.24, 2.45) is 17.1 Å². The van der Waals surface area contributed by atoms with E-state index in [0.717, 1.165) is 0 Å². The molecule has 8 heteroatoms. The maximum Gasteiger partial charge on any atom is 0.410 e. The van der Waals surface area contributed by atoms with E-state index in [1.54, 1.807) is 37.3 Å². The molecule has 1 aromatic carbocycles. The van der Waals surface area contributed by atoms with Crippen molar-refractivity contribution in [3.8, 4) is 24.0 Å². The van der Waals surface area contributed by atoms with Crippen LogP contribution in [0.4, 0.5) is 4.79 Å². The molecule has 0 saturated heterocycles. The molecule has 2 aliphatic rings. The summed E-state index contributed by atoms with van der Waals surface area (Å²) in [6.07, 6.45) is 1.27. The van der Waals surface area contributed by atoms with Gasteiger partial charge in [0.2, 0.25) is 0 Å². The molecule has 2 atom stereocenters. The van der Waals surface area contributed by atoms with Crippen LogP contribution in [0.3, 0.4) is 0 Å². The van der Waals surface area contributed by atoms with Crippen molar-refractivity contribution < 1.29 is 14.3 Å². The third-order valence-corrected chi connectivity index (χ3v) is 5.80. The van der Waals surface area contributed by atoms with Gasteiger partial charge in [-0.15, -0.1) is 0 Å². The van der Waals surface area contributed by atoms with Crippen molar-refractivity contribution in [2.45, 2.75) is 32.8 Å². The highest BCUT2D eigenvalue weighted by Gasteiger charge is 2.54. The van der Waals surface area contributed by atoms with Gasteiger partial charge in [-0.2, -0.15) is 15.8 Å². The minimum absolute atomic E-state index is 0.00406. The smallest absolute Gasteiger partial charge is 0.410 e. The topological polar surface area (TPSA) is 136 Å². The zero-order chi connectivity index (χ0) is 23.5. The molecule has 8 nitrogen and oxygen atoms in total. The zero-order valence-electron chi connectivity index (χ0n) is 18.3. The van der Waals surface area contributed by atoms with Crippen molar-refractivity contribution in [3.05, 3.63) is 52.7 Å². The number of hydrogen-bond acceptors (Lipinski definition) is 7. The van der Waals surface area contributed by atoms with Crippen LogP contribution in [0.25, 0.3) is 0 Å². The first kappa shape index (κ1) is 22.7. The zero-order valence-corrected chi connectivity index (χ0v) is 18.3. The Bertz CT molecular complexity index is 1070. The minimum Gasteiger partial charge on any atom is -0.491 e. The Labute approximate surface area is 187 Å². The summed E-state index contributed by atoms with van der Waals surface area (Å²) in [5, 5.41) is 30.1. The van der Waals surface area contributed by atoms with E-state index >= 15 is 0 Å². The van der Waals surface area contributed by atoms with E-state index < -0.39 is 23.3 Å². The predicted octanol–water partition coefficient (Wildman–Crippen LogP) is 3.36. The van der Waals surface area contributed by atoms with E-state index in [1.165, 1.54) is 4.90 Å². The second-order valence-corrected chi connectivity index (χ2v) is 8.02. The van der Waals surface area contributed by atoms with Gasteiger partial charge >= 0.3 is 6.09 Å². The Balaban J connectivity index is 2.17. The molecule has 2 N–H and O–H groups in total. The summed E-state index contributed by atoms with van der Waals surface area (Å²) in [7, 11) is 0. The van der Waals surface area contributed by atoms with E-state index in [4.69, 9.17) is 15.2 Å². The van der Waals surface area contributed by atoms with E-state index in [-0.39, 0.29) is 37.1 Å². The summed E-state index contributed by atoms with van der Waals surface area (Å²) in [6, 6.07) is 13.4. The van der Waals surface area contributed by atoms with Crippen LogP contribution in [0, 0.1) is 45.3 Å². The molecule has 1 amide bonds. The normalized spacial score (nSPS) is 21.5. The van der Waals surface area contributed by atoms with Crippen LogP contribution >= 0.6 is 0 Å². The lowest BCUT2D eigenvalue weighted by Crippen LogP contribution is -2.49. The first-order chi connectivity index (χ1) is 15.3. The van der Waals surface area contributed by atoms with Crippen LogP contribution in [-0.4, -0.2) is 36.8 Å². The standard InChI is InChI=1S/C24H25N5O3/c1-4-31-23(30)29-10-9-18-19(11-25)22(28)24(13-26,14-27)21(20(18)12-29)16-5-7-17(8-6-16)32-15(2)3/h5-9,15,20-21H,4,10,12,28H2,1-3H3. The molecule has 164 valence electrons. The number of rotatable bonds is 4. The third-order valence-electron chi connectivity index (χ3n) is 5.80. The summed E-state index contributed by atoms with van der Waals surface area (Å²) < 4.78 is 10.9. The number of carbonyl (C=O) groups is 1. The molecule has 32 heavy (non-hydrogen) atoms. The Morgan fingerprint density at radius 3 is 2.44 bits per heavy atom. The molecule has 0 bridgehead atoms. The van der Waals surface area contributed by atoms with Crippen LogP contribution in [-0.2, 0) is 4.74 Å². The Kier molecular flexibility index (Phi) is 6.42. The number of carbonyl (C=O) groups excluding carboxylic acids is 1. The molecule has 1 aromatic rings. The number of ether oxygens (including phenoxy) is 2. The maximum absolute atomic E-state index is 12.4. The molecule has 0 spiro atoms.